The fraction of sp³-hybridized carbons (Fsp3) is 0.882. The molecule has 2 unspecified atom stereocenters. The van der Waals surface area contributed by atoms with E-state index in [1.165, 1.54) is 19.3 Å². The third-order valence-corrected chi connectivity index (χ3v) is 3.75. The van der Waals surface area contributed by atoms with Crippen molar-refractivity contribution in [2.45, 2.75) is 64.4 Å². The summed E-state index contributed by atoms with van der Waals surface area (Å²) in [4.78, 5) is 23.2. The molecular weight excluding hydrogens is 282 g/mol. The first kappa shape index (κ1) is 21.1. The lowest BCUT2D eigenvalue weighted by Gasteiger charge is -2.30. The molecule has 0 heterocycles. The van der Waals surface area contributed by atoms with Crippen molar-refractivity contribution < 1.29 is 24.3 Å². The van der Waals surface area contributed by atoms with Gasteiger partial charge >= 0.3 is 0 Å². The lowest BCUT2D eigenvalue weighted by Crippen LogP contribution is -2.51. The van der Waals surface area contributed by atoms with Crippen LogP contribution >= 0.6 is 0 Å². The van der Waals surface area contributed by atoms with Gasteiger partial charge in [0, 0.05) is 6.42 Å². The molecule has 0 bridgehead atoms. The van der Waals surface area contributed by atoms with Crippen LogP contribution in [-0.4, -0.2) is 55.1 Å². The zero-order valence-electron chi connectivity index (χ0n) is 14.6. The number of quaternary nitrogens is 1. The summed E-state index contributed by atoms with van der Waals surface area (Å²) in [6.45, 7) is 2.38. The molecule has 0 aromatic rings. The summed E-state index contributed by atoms with van der Waals surface area (Å²) in [6, 6.07) is 0. The molecule has 0 saturated heterocycles. The van der Waals surface area contributed by atoms with Crippen molar-refractivity contribution in [3.05, 3.63) is 0 Å². The van der Waals surface area contributed by atoms with Gasteiger partial charge in [-0.1, -0.05) is 45.4 Å². The fourth-order valence-electron chi connectivity index (χ4n) is 2.58. The maximum absolute atomic E-state index is 12.1. The van der Waals surface area contributed by atoms with Gasteiger partial charge in [-0.3, -0.25) is 4.79 Å². The molecule has 0 rings (SSSR count). The van der Waals surface area contributed by atoms with E-state index in [-0.39, 0.29) is 13.0 Å². The Balaban J connectivity index is 4.19. The summed E-state index contributed by atoms with van der Waals surface area (Å²) in [6.07, 6.45) is 6.53. The number of carbonyl (C=O) groups excluding carboxylic acids is 2. The number of ketones is 1. The molecule has 0 aromatic carbocycles. The predicted molar refractivity (Wildman–Crippen MR) is 85.0 cm³/mol. The van der Waals surface area contributed by atoms with Gasteiger partial charge in [-0.05, 0) is 6.42 Å². The van der Waals surface area contributed by atoms with E-state index in [0.717, 1.165) is 19.3 Å². The van der Waals surface area contributed by atoms with Gasteiger partial charge in [-0.15, -0.1) is 0 Å². The van der Waals surface area contributed by atoms with Gasteiger partial charge in [-0.2, -0.15) is 0 Å². The van der Waals surface area contributed by atoms with Gasteiger partial charge in [0.05, 0.1) is 33.0 Å². The van der Waals surface area contributed by atoms with E-state index in [1.54, 1.807) is 0 Å². The summed E-state index contributed by atoms with van der Waals surface area (Å²) in [5, 5.41) is 21.2. The number of Topliss-reactive ketones (excluding diaryl/α,β-unsaturated/α-hetero) is 1. The summed E-state index contributed by atoms with van der Waals surface area (Å²) < 4.78 is 0.398. The van der Waals surface area contributed by atoms with Crippen molar-refractivity contribution in [1.29, 1.82) is 0 Å². The summed E-state index contributed by atoms with van der Waals surface area (Å²) in [5.41, 5.74) is 0. The molecule has 2 atom stereocenters. The molecule has 0 aliphatic rings. The molecule has 0 fully saturated rings. The Hall–Kier alpha value is -0.940. The number of carboxylic acid groups (broad SMARTS) is 1. The van der Waals surface area contributed by atoms with Gasteiger partial charge in [0.2, 0.25) is 0 Å². The Labute approximate surface area is 134 Å². The third kappa shape index (κ3) is 9.90. The molecule has 0 aliphatic heterocycles. The zero-order chi connectivity index (χ0) is 17.2. The molecule has 5 nitrogen and oxygen atoms in total. The topological polar surface area (TPSA) is 77.4 Å². The quantitative estimate of drug-likeness (QED) is 0.314. The van der Waals surface area contributed by atoms with Gasteiger partial charge in [0.1, 0.15) is 18.4 Å². The van der Waals surface area contributed by atoms with E-state index < -0.39 is 23.8 Å². The second kappa shape index (κ2) is 10.7. The van der Waals surface area contributed by atoms with Crippen LogP contribution in [0.2, 0.25) is 0 Å². The van der Waals surface area contributed by atoms with Crippen LogP contribution in [0.1, 0.15) is 58.3 Å². The number of hydrogen-bond donors (Lipinski definition) is 1. The summed E-state index contributed by atoms with van der Waals surface area (Å²) in [7, 11) is 5.53. The zero-order valence-corrected chi connectivity index (χ0v) is 14.6. The van der Waals surface area contributed by atoms with Crippen molar-refractivity contribution in [2.24, 2.45) is 5.92 Å². The van der Waals surface area contributed by atoms with E-state index in [0.29, 0.717) is 10.9 Å². The highest BCUT2D eigenvalue weighted by atomic mass is 16.4. The lowest BCUT2D eigenvalue weighted by molar-refractivity contribution is -0.873. The standard InChI is InChI=1S/C17H33NO4/c1-5-6-7-8-9-10-11-12-14(19)16(17(21)22)15(20)13-18(2,3)4/h15-16,20H,5-13H2,1-4H3. The Morgan fingerprint density at radius 1 is 1.00 bits per heavy atom. The molecular formula is C17H33NO4. The molecule has 0 aromatic heterocycles. The normalized spacial score (nSPS) is 14.6. The number of likely N-dealkylation sites (N-methyl/N-ethyl adjacent to an activating group) is 1. The minimum absolute atomic E-state index is 0.209. The summed E-state index contributed by atoms with van der Waals surface area (Å²) >= 11 is 0. The Morgan fingerprint density at radius 3 is 1.95 bits per heavy atom. The number of hydrogen-bond acceptors (Lipinski definition) is 4. The first-order valence-electron chi connectivity index (χ1n) is 8.41. The van der Waals surface area contributed by atoms with E-state index in [1.807, 2.05) is 21.1 Å². The Kier molecular flexibility index (Phi) is 10.3. The van der Waals surface area contributed by atoms with E-state index in [4.69, 9.17) is 0 Å². The highest BCUT2D eigenvalue weighted by Gasteiger charge is 2.31. The Bertz CT molecular complexity index is 336. The molecule has 0 spiro atoms. The highest BCUT2D eigenvalue weighted by molar-refractivity contribution is 5.98. The van der Waals surface area contributed by atoms with Crippen LogP contribution in [0.25, 0.3) is 0 Å². The second-order valence-corrected chi connectivity index (χ2v) is 7.17. The number of aliphatic carboxylic acids is 1. The number of aliphatic hydroxyl groups excluding tert-OH is 1. The van der Waals surface area contributed by atoms with Crippen LogP contribution in [-0.2, 0) is 9.59 Å². The molecule has 0 amide bonds. The van der Waals surface area contributed by atoms with Crippen molar-refractivity contribution in [1.82, 2.24) is 0 Å². The van der Waals surface area contributed by atoms with Gasteiger partial charge in [-0.25, -0.2) is 0 Å². The molecule has 5 heteroatoms. The predicted octanol–water partition coefficient (Wildman–Crippen LogP) is 1.13. The maximum Gasteiger partial charge on any atom is 0.144 e. The number of carbonyl (C=O) groups is 2. The number of unbranched alkanes of at least 4 members (excludes halogenated alkanes) is 6. The molecule has 22 heavy (non-hydrogen) atoms. The van der Waals surface area contributed by atoms with Crippen LogP contribution in [0, 0.1) is 5.92 Å². The maximum atomic E-state index is 12.1. The average Bonchev–Trinajstić information content (AvgIpc) is 2.35. The van der Waals surface area contributed by atoms with Crippen molar-refractivity contribution in [3.8, 4) is 0 Å². The number of nitrogens with zero attached hydrogens (tertiary/aromatic N) is 1. The van der Waals surface area contributed by atoms with Crippen LogP contribution in [0.3, 0.4) is 0 Å². The van der Waals surface area contributed by atoms with Crippen LogP contribution in [0.15, 0.2) is 0 Å². The SMILES string of the molecule is CCCCCCCCCC(=O)C(C(=O)[O-])C(O)C[N+](C)(C)C. The third-order valence-electron chi connectivity index (χ3n) is 3.75. The van der Waals surface area contributed by atoms with Gasteiger partial charge in [0.25, 0.3) is 0 Å². The molecule has 0 radical (unpaired) electrons. The van der Waals surface area contributed by atoms with E-state index >= 15 is 0 Å². The first-order chi connectivity index (χ1) is 10.2. The smallest absolute Gasteiger partial charge is 0.144 e. The monoisotopic (exact) mass is 315 g/mol. The number of carboxylic acids is 1. The first-order valence-corrected chi connectivity index (χ1v) is 8.41. The molecule has 1 N–H and O–H groups in total. The lowest BCUT2D eigenvalue weighted by atomic mass is 9.93. The number of rotatable bonds is 13. The van der Waals surface area contributed by atoms with Crippen LogP contribution in [0.5, 0.6) is 0 Å². The highest BCUT2D eigenvalue weighted by Crippen LogP contribution is 2.14. The number of aliphatic hydroxyl groups is 1. The van der Waals surface area contributed by atoms with Crippen molar-refractivity contribution >= 4 is 11.8 Å². The Morgan fingerprint density at radius 2 is 1.50 bits per heavy atom. The van der Waals surface area contributed by atoms with Gasteiger partial charge < -0.3 is 19.5 Å². The van der Waals surface area contributed by atoms with E-state index in [2.05, 4.69) is 6.92 Å². The molecule has 0 saturated carbocycles. The fourth-order valence-corrected chi connectivity index (χ4v) is 2.58. The average molecular weight is 315 g/mol. The van der Waals surface area contributed by atoms with Crippen LogP contribution in [0.4, 0.5) is 0 Å². The van der Waals surface area contributed by atoms with E-state index in [9.17, 15) is 19.8 Å². The summed E-state index contributed by atoms with van der Waals surface area (Å²) in [5.74, 6) is -3.28. The van der Waals surface area contributed by atoms with Crippen molar-refractivity contribution in [3.63, 3.8) is 0 Å². The minimum Gasteiger partial charge on any atom is -0.549 e. The largest absolute Gasteiger partial charge is 0.549 e. The second-order valence-electron chi connectivity index (χ2n) is 7.17. The molecule has 0 aliphatic carbocycles. The van der Waals surface area contributed by atoms with Gasteiger partial charge in [0.15, 0.2) is 0 Å². The van der Waals surface area contributed by atoms with Crippen LogP contribution < -0.4 is 5.11 Å². The minimum atomic E-state index is -1.46. The van der Waals surface area contributed by atoms with Crippen molar-refractivity contribution in [2.75, 3.05) is 27.7 Å². The molecule has 130 valence electrons.